The molecule has 1 aromatic carbocycles. The fourth-order valence-corrected chi connectivity index (χ4v) is 1.81. The first-order valence-corrected chi connectivity index (χ1v) is 6.14. The van der Waals surface area contributed by atoms with Crippen LogP contribution < -0.4 is 5.11 Å². The minimum atomic E-state index is -4.89. The number of hydrogen-bond acceptors (Lipinski definition) is 6. The number of carbonyl (C=O) groups excluding carboxylic acids is 3. The lowest BCUT2D eigenvalue weighted by Gasteiger charge is -2.15. The fraction of sp³-hybridized carbons (Fsp3) is 0.308. The maximum absolute atomic E-state index is 12.6. The average molecular weight is 332 g/mol. The topological polar surface area (TPSA) is 117 Å². The third-order valence-electron chi connectivity index (χ3n) is 2.96. The Hall–Kier alpha value is -2.78. The third kappa shape index (κ3) is 3.90. The molecule has 0 amide bonds. The fourth-order valence-electron chi connectivity index (χ4n) is 1.81. The van der Waals surface area contributed by atoms with Crippen LogP contribution in [0, 0.1) is 16.0 Å². The molecule has 0 radical (unpaired) electrons. The zero-order chi connectivity index (χ0) is 17.9. The summed E-state index contributed by atoms with van der Waals surface area (Å²) in [5.74, 6) is -6.94. The molecule has 1 rings (SSSR count). The Kier molecular flexibility index (Phi) is 5.20. The third-order valence-corrected chi connectivity index (χ3v) is 2.96. The SMILES string of the molecule is CCC(=O)C(C(=O)[O-])C(=O)c1ccc(C(F)(F)F)cc1[N+](=O)[O-]. The van der Waals surface area contributed by atoms with Crippen LogP contribution in [0.15, 0.2) is 18.2 Å². The van der Waals surface area contributed by atoms with Crippen molar-refractivity contribution >= 4 is 23.2 Å². The van der Waals surface area contributed by atoms with Gasteiger partial charge in [-0.15, -0.1) is 0 Å². The summed E-state index contributed by atoms with van der Waals surface area (Å²) in [7, 11) is 0. The Morgan fingerprint density at radius 2 is 1.83 bits per heavy atom. The van der Waals surface area contributed by atoms with E-state index < -0.39 is 51.4 Å². The number of ketones is 2. The van der Waals surface area contributed by atoms with Crippen molar-refractivity contribution in [2.75, 3.05) is 0 Å². The summed E-state index contributed by atoms with van der Waals surface area (Å²) in [6.07, 6.45) is -5.25. The minimum absolute atomic E-state index is 0.107. The van der Waals surface area contributed by atoms with Crippen molar-refractivity contribution in [1.82, 2.24) is 0 Å². The van der Waals surface area contributed by atoms with E-state index in [0.29, 0.717) is 12.1 Å². The Morgan fingerprint density at radius 1 is 1.26 bits per heavy atom. The van der Waals surface area contributed by atoms with Gasteiger partial charge in [-0.05, 0) is 12.1 Å². The van der Waals surface area contributed by atoms with Crippen LogP contribution in [0.25, 0.3) is 0 Å². The quantitative estimate of drug-likeness (QED) is 0.334. The molecule has 0 bridgehead atoms. The molecule has 1 atom stereocenters. The van der Waals surface area contributed by atoms with Crippen LogP contribution in [0.4, 0.5) is 18.9 Å². The van der Waals surface area contributed by atoms with E-state index in [1.54, 1.807) is 0 Å². The summed E-state index contributed by atoms with van der Waals surface area (Å²) in [5.41, 5.74) is -3.52. The van der Waals surface area contributed by atoms with Gasteiger partial charge in [-0.25, -0.2) is 0 Å². The number of carbonyl (C=O) groups is 3. The molecular formula is C13H9F3NO6-. The molecule has 0 aliphatic heterocycles. The number of aliphatic carboxylic acids is 1. The second-order valence-electron chi connectivity index (χ2n) is 4.42. The average Bonchev–Trinajstić information content (AvgIpc) is 2.44. The first-order valence-electron chi connectivity index (χ1n) is 6.14. The summed E-state index contributed by atoms with van der Waals surface area (Å²) < 4.78 is 37.7. The lowest BCUT2D eigenvalue weighted by Crippen LogP contribution is -2.41. The number of rotatable bonds is 6. The van der Waals surface area contributed by atoms with E-state index in [9.17, 15) is 42.8 Å². The van der Waals surface area contributed by atoms with E-state index in [-0.39, 0.29) is 12.5 Å². The molecule has 0 spiro atoms. The molecule has 0 saturated carbocycles. The maximum Gasteiger partial charge on any atom is 0.416 e. The van der Waals surface area contributed by atoms with E-state index in [4.69, 9.17) is 0 Å². The van der Waals surface area contributed by atoms with Crippen LogP contribution in [0.5, 0.6) is 0 Å². The highest BCUT2D eigenvalue weighted by Gasteiger charge is 2.36. The minimum Gasteiger partial charge on any atom is -0.549 e. The molecule has 0 aromatic heterocycles. The number of nitrogens with zero attached hydrogens (tertiary/aromatic N) is 1. The number of alkyl halides is 3. The molecule has 7 nitrogen and oxygen atoms in total. The lowest BCUT2D eigenvalue weighted by atomic mass is 9.91. The summed E-state index contributed by atoms with van der Waals surface area (Å²) in [6.45, 7) is 1.26. The highest BCUT2D eigenvalue weighted by molar-refractivity contribution is 6.22. The molecule has 0 saturated heterocycles. The van der Waals surface area contributed by atoms with Crippen molar-refractivity contribution in [3.8, 4) is 0 Å². The van der Waals surface area contributed by atoms with Gasteiger partial charge < -0.3 is 9.90 Å². The van der Waals surface area contributed by atoms with Gasteiger partial charge in [0.2, 0.25) is 0 Å². The zero-order valence-electron chi connectivity index (χ0n) is 11.5. The number of halogens is 3. The van der Waals surface area contributed by atoms with Crippen molar-refractivity contribution in [3.63, 3.8) is 0 Å². The van der Waals surface area contributed by atoms with Gasteiger partial charge in [0.05, 0.1) is 22.0 Å². The highest BCUT2D eigenvalue weighted by atomic mass is 19.4. The Bertz CT molecular complexity index is 683. The van der Waals surface area contributed by atoms with Gasteiger partial charge in [-0.1, -0.05) is 6.92 Å². The molecule has 0 fully saturated rings. The van der Waals surface area contributed by atoms with Gasteiger partial charge in [0, 0.05) is 12.5 Å². The number of benzene rings is 1. The van der Waals surface area contributed by atoms with Crippen molar-refractivity contribution in [1.29, 1.82) is 0 Å². The highest BCUT2D eigenvalue weighted by Crippen LogP contribution is 2.33. The smallest absolute Gasteiger partial charge is 0.416 e. The van der Waals surface area contributed by atoms with E-state index in [0.717, 1.165) is 0 Å². The molecule has 1 aromatic rings. The molecular weight excluding hydrogens is 323 g/mol. The normalized spacial score (nSPS) is 12.5. The molecule has 124 valence electrons. The summed E-state index contributed by atoms with van der Waals surface area (Å²) >= 11 is 0. The number of nitro benzene ring substituents is 1. The van der Waals surface area contributed by atoms with Gasteiger partial charge in [0.15, 0.2) is 5.78 Å². The number of carboxylic acids is 1. The van der Waals surface area contributed by atoms with Crippen LogP contribution in [0.1, 0.15) is 29.3 Å². The van der Waals surface area contributed by atoms with E-state index >= 15 is 0 Å². The summed E-state index contributed by atoms with van der Waals surface area (Å²) in [4.78, 5) is 44.1. The number of Topliss-reactive ketones (excluding diaryl/α,β-unsaturated/α-hetero) is 2. The van der Waals surface area contributed by atoms with Crippen LogP contribution in [0.2, 0.25) is 0 Å². The molecule has 0 aliphatic rings. The molecule has 23 heavy (non-hydrogen) atoms. The molecule has 0 heterocycles. The van der Waals surface area contributed by atoms with Crippen LogP contribution in [-0.4, -0.2) is 22.5 Å². The van der Waals surface area contributed by atoms with Crippen LogP contribution in [-0.2, 0) is 15.8 Å². The predicted octanol–water partition coefficient (Wildman–Crippen LogP) is 1.14. The number of hydrogen-bond donors (Lipinski definition) is 0. The van der Waals surface area contributed by atoms with Gasteiger partial charge >= 0.3 is 6.18 Å². The van der Waals surface area contributed by atoms with Crippen molar-refractivity contribution in [2.45, 2.75) is 19.5 Å². The molecule has 0 N–H and O–H groups in total. The maximum atomic E-state index is 12.6. The lowest BCUT2D eigenvalue weighted by molar-refractivity contribution is -0.385. The molecule has 1 unspecified atom stereocenters. The van der Waals surface area contributed by atoms with Gasteiger partial charge in [-0.2, -0.15) is 13.2 Å². The van der Waals surface area contributed by atoms with Crippen molar-refractivity contribution in [2.24, 2.45) is 5.92 Å². The predicted molar refractivity (Wildman–Crippen MR) is 66.2 cm³/mol. The zero-order valence-corrected chi connectivity index (χ0v) is 11.5. The standard InChI is InChI=1S/C13H10F3NO6/c1-2-9(18)10(12(20)21)11(19)7-4-3-6(13(14,15)16)5-8(7)17(22)23/h3-5,10H,2H2,1H3,(H,20,21)/p-1. The monoisotopic (exact) mass is 332 g/mol. The van der Waals surface area contributed by atoms with Crippen molar-refractivity contribution in [3.05, 3.63) is 39.4 Å². The number of nitro groups is 1. The van der Waals surface area contributed by atoms with Gasteiger partial charge in [0.25, 0.3) is 5.69 Å². The largest absolute Gasteiger partial charge is 0.549 e. The Balaban J connectivity index is 3.47. The molecule has 10 heteroatoms. The van der Waals surface area contributed by atoms with Crippen molar-refractivity contribution < 1.29 is 37.6 Å². The summed E-state index contributed by atoms with van der Waals surface area (Å²) in [6, 6.07) is 0.973. The molecule has 0 aliphatic carbocycles. The van der Waals surface area contributed by atoms with Crippen LogP contribution in [0.3, 0.4) is 0 Å². The Labute approximate surface area is 126 Å². The Morgan fingerprint density at radius 3 is 2.22 bits per heavy atom. The first kappa shape index (κ1) is 18.3. The van der Waals surface area contributed by atoms with E-state index in [1.807, 2.05) is 0 Å². The second-order valence-corrected chi connectivity index (χ2v) is 4.42. The second kappa shape index (κ2) is 6.55. The summed E-state index contributed by atoms with van der Waals surface area (Å²) in [5, 5.41) is 21.8. The van der Waals surface area contributed by atoms with Gasteiger partial charge in [0.1, 0.15) is 11.7 Å². The first-order chi connectivity index (χ1) is 10.5. The van der Waals surface area contributed by atoms with E-state index in [2.05, 4.69) is 0 Å². The van der Waals surface area contributed by atoms with Gasteiger partial charge in [-0.3, -0.25) is 19.7 Å². The van der Waals surface area contributed by atoms with Crippen LogP contribution >= 0.6 is 0 Å². The van der Waals surface area contributed by atoms with E-state index in [1.165, 1.54) is 6.92 Å². The number of carboxylic acid groups (broad SMARTS) is 1.